The third-order valence-electron chi connectivity index (χ3n) is 3.26. The lowest BCUT2D eigenvalue weighted by Gasteiger charge is -2.04. The number of rotatable bonds is 2. The van der Waals surface area contributed by atoms with Gasteiger partial charge in [-0.2, -0.15) is 0 Å². The Morgan fingerprint density at radius 2 is 1.71 bits per heavy atom. The smallest absolute Gasteiger partial charge is 0.272 e. The third-order valence-corrected chi connectivity index (χ3v) is 5.68. The number of benzene rings is 1. The van der Waals surface area contributed by atoms with Crippen LogP contribution in [0.5, 0.6) is 0 Å². The normalized spacial score (nSPS) is 11.9. The predicted molar refractivity (Wildman–Crippen MR) is 83.3 cm³/mol. The minimum atomic E-state index is -3.69. The summed E-state index contributed by atoms with van der Waals surface area (Å²) in [5.74, 6) is 0. The number of pyridine rings is 1. The molecule has 108 valence electrons. The first-order chi connectivity index (χ1) is 9.91. The van der Waals surface area contributed by atoms with E-state index in [9.17, 15) is 13.2 Å². The lowest BCUT2D eigenvalue weighted by Crippen LogP contribution is -2.06. The predicted octanol–water partition coefficient (Wildman–Crippen LogP) is 2.76. The summed E-state index contributed by atoms with van der Waals surface area (Å²) in [5, 5.41) is 0.360. The van der Waals surface area contributed by atoms with Gasteiger partial charge in [0.05, 0.1) is 9.79 Å². The monoisotopic (exact) mass is 366 g/mol. The minimum absolute atomic E-state index is 0.0827. The Morgan fingerprint density at radius 1 is 1.05 bits per heavy atom. The van der Waals surface area contributed by atoms with E-state index in [0.717, 1.165) is 5.56 Å². The van der Waals surface area contributed by atoms with Crippen molar-refractivity contribution >= 4 is 36.7 Å². The molecule has 0 unspecified atom stereocenters. The average molecular weight is 367 g/mol. The quantitative estimate of drug-likeness (QED) is 0.731. The van der Waals surface area contributed by atoms with Gasteiger partial charge >= 0.3 is 0 Å². The number of H-pyrrole nitrogens is 2. The summed E-state index contributed by atoms with van der Waals surface area (Å²) in [7, 11) is -3.69. The maximum Gasteiger partial charge on any atom is 0.272 e. The number of sulfone groups is 1. The number of aromatic amines is 2. The molecule has 3 rings (SSSR count). The number of fused-ring (bicyclic) bond motifs is 1. The standard InChI is InChI=1S/C14H11BrN2O3S/c1-8-2-4-9(5-3-8)21(19,20)11-7-16-13-12(11)10(15)6-17-14(13)18/h2-7,16H,1H3,(H,17,18). The van der Waals surface area contributed by atoms with Gasteiger partial charge in [0.1, 0.15) is 5.52 Å². The molecular formula is C14H11BrN2O3S. The van der Waals surface area contributed by atoms with Crippen LogP contribution in [0.3, 0.4) is 0 Å². The molecule has 0 bridgehead atoms. The molecule has 2 aromatic heterocycles. The Hall–Kier alpha value is -1.86. The minimum Gasteiger partial charge on any atom is -0.355 e. The van der Waals surface area contributed by atoms with E-state index < -0.39 is 9.84 Å². The summed E-state index contributed by atoms with van der Waals surface area (Å²) in [4.78, 5) is 17.3. The zero-order chi connectivity index (χ0) is 15.2. The topological polar surface area (TPSA) is 82.8 Å². The van der Waals surface area contributed by atoms with Gasteiger partial charge in [-0.15, -0.1) is 0 Å². The fourth-order valence-corrected chi connectivity index (χ4v) is 4.25. The summed E-state index contributed by atoms with van der Waals surface area (Å²) < 4.78 is 26.0. The van der Waals surface area contributed by atoms with E-state index in [0.29, 0.717) is 9.86 Å². The highest BCUT2D eigenvalue weighted by Crippen LogP contribution is 2.31. The number of hydrogen-bond donors (Lipinski definition) is 2. The van der Waals surface area contributed by atoms with Crippen LogP contribution in [0.1, 0.15) is 5.56 Å². The van der Waals surface area contributed by atoms with Crippen LogP contribution < -0.4 is 5.56 Å². The van der Waals surface area contributed by atoms with E-state index in [1.54, 1.807) is 24.3 Å². The van der Waals surface area contributed by atoms with Crippen molar-refractivity contribution < 1.29 is 8.42 Å². The van der Waals surface area contributed by atoms with Crippen LogP contribution >= 0.6 is 15.9 Å². The molecule has 2 N–H and O–H groups in total. The van der Waals surface area contributed by atoms with Crippen LogP contribution in [0.2, 0.25) is 0 Å². The van der Waals surface area contributed by atoms with Crippen molar-refractivity contribution in [1.29, 1.82) is 0 Å². The molecular weight excluding hydrogens is 356 g/mol. The van der Waals surface area contributed by atoms with Crippen LogP contribution in [-0.4, -0.2) is 18.4 Å². The molecule has 3 aromatic rings. The van der Waals surface area contributed by atoms with E-state index in [-0.39, 0.29) is 20.9 Å². The van der Waals surface area contributed by atoms with E-state index in [1.807, 2.05) is 6.92 Å². The van der Waals surface area contributed by atoms with Crippen LogP contribution in [0, 0.1) is 6.92 Å². The van der Waals surface area contributed by atoms with Gasteiger partial charge in [-0.1, -0.05) is 17.7 Å². The Kier molecular flexibility index (Phi) is 3.26. The zero-order valence-corrected chi connectivity index (χ0v) is 13.4. The molecule has 0 aliphatic carbocycles. The lowest BCUT2D eigenvalue weighted by atomic mass is 10.2. The fraction of sp³-hybridized carbons (Fsp3) is 0.0714. The molecule has 0 fully saturated rings. The molecule has 0 saturated carbocycles. The van der Waals surface area contributed by atoms with Crippen molar-refractivity contribution in [3.63, 3.8) is 0 Å². The van der Waals surface area contributed by atoms with Crippen LogP contribution in [0.4, 0.5) is 0 Å². The van der Waals surface area contributed by atoms with Gasteiger partial charge in [0.15, 0.2) is 0 Å². The van der Waals surface area contributed by atoms with Crippen molar-refractivity contribution in [1.82, 2.24) is 9.97 Å². The summed E-state index contributed by atoms with van der Waals surface area (Å²) in [6.07, 6.45) is 2.78. The van der Waals surface area contributed by atoms with Crippen molar-refractivity contribution in [2.75, 3.05) is 0 Å². The maximum absolute atomic E-state index is 12.7. The highest BCUT2D eigenvalue weighted by atomic mass is 79.9. The lowest BCUT2D eigenvalue weighted by molar-refractivity contribution is 0.597. The first kappa shape index (κ1) is 14.1. The molecule has 0 aliphatic heterocycles. The van der Waals surface area contributed by atoms with E-state index >= 15 is 0 Å². The second kappa shape index (κ2) is 4.85. The number of halogens is 1. The van der Waals surface area contributed by atoms with Crippen LogP contribution in [0.25, 0.3) is 10.9 Å². The number of aromatic nitrogens is 2. The Bertz CT molecular complexity index is 985. The number of aryl methyl sites for hydroxylation is 1. The van der Waals surface area contributed by atoms with E-state index in [1.165, 1.54) is 12.4 Å². The molecule has 0 amide bonds. The van der Waals surface area contributed by atoms with Gasteiger partial charge in [0.2, 0.25) is 9.84 Å². The summed E-state index contributed by atoms with van der Waals surface area (Å²) in [6, 6.07) is 6.60. The van der Waals surface area contributed by atoms with Gasteiger partial charge in [-0.25, -0.2) is 8.42 Å². The first-order valence-electron chi connectivity index (χ1n) is 6.11. The largest absolute Gasteiger partial charge is 0.355 e. The molecule has 0 aliphatic rings. The van der Waals surface area contributed by atoms with Gasteiger partial charge in [-0.05, 0) is 35.0 Å². The molecule has 7 heteroatoms. The van der Waals surface area contributed by atoms with Crippen molar-refractivity contribution in [3.05, 3.63) is 57.0 Å². The molecule has 1 aromatic carbocycles. The highest BCUT2D eigenvalue weighted by molar-refractivity contribution is 9.10. The van der Waals surface area contributed by atoms with Gasteiger partial charge in [-0.3, -0.25) is 4.79 Å². The second-order valence-corrected chi connectivity index (χ2v) is 7.46. The third kappa shape index (κ3) is 2.22. The van der Waals surface area contributed by atoms with E-state index in [2.05, 4.69) is 25.9 Å². The van der Waals surface area contributed by atoms with Crippen LogP contribution in [0.15, 0.2) is 55.7 Å². The van der Waals surface area contributed by atoms with Crippen LogP contribution in [-0.2, 0) is 9.84 Å². The van der Waals surface area contributed by atoms with Gasteiger partial charge in [0, 0.05) is 22.3 Å². The van der Waals surface area contributed by atoms with Gasteiger partial charge in [0.25, 0.3) is 5.56 Å². The molecule has 21 heavy (non-hydrogen) atoms. The van der Waals surface area contributed by atoms with Crippen molar-refractivity contribution in [3.8, 4) is 0 Å². The Balaban J connectivity index is 2.32. The van der Waals surface area contributed by atoms with Crippen molar-refractivity contribution in [2.45, 2.75) is 16.7 Å². The van der Waals surface area contributed by atoms with Gasteiger partial charge < -0.3 is 9.97 Å². The highest BCUT2D eigenvalue weighted by Gasteiger charge is 2.23. The first-order valence-corrected chi connectivity index (χ1v) is 8.39. The average Bonchev–Trinajstić information content (AvgIpc) is 2.90. The Labute approximate surface area is 129 Å². The number of nitrogens with one attached hydrogen (secondary N) is 2. The zero-order valence-electron chi connectivity index (χ0n) is 11.0. The molecule has 0 atom stereocenters. The molecule has 2 heterocycles. The summed E-state index contributed by atoms with van der Waals surface area (Å²) in [5.41, 5.74) is 0.846. The SMILES string of the molecule is Cc1ccc(S(=O)(=O)c2c[nH]c3c(=O)[nH]cc(Br)c23)cc1. The summed E-state index contributed by atoms with van der Waals surface area (Å²) in [6.45, 7) is 1.89. The fourth-order valence-electron chi connectivity index (χ4n) is 2.15. The summed E-state index contributed by atoms with van der Waals surface area (Å²) >= 11 is 3.28. The molecule has 5 nitrogen and oxygen atoms in total. The maximum atomic E-state index is 12.7. The Morgan fingerprint density at radius 3 is 2.38 bits per heavy atom. The molecule has 0 radical (unpaired) electrons. The number of hydrogen-bond acceptors (Lipinski definition) is 3. The molecule has 0 spiro atoms. The molecule has 0 saturated heterocycles. The van der Waals surface area contributed by atoms with Crippen molar-refractivity contribution in [2.24, 2.45) is 0 Å². The van der Waals surface area contributed by atoms with E-state index in [4.69, 9.17) is 0 Å². The second-order valence-electron chi connectivity index (χ2n) is 4.69.